The Morgan fingerprint density at radius 3 is 2.62 bits per heavy atom. The quantitative estimate of drug-likeness (QED) is 0.771. The van der Waals surface area contributed by atoms with Crippen molar-refractivity contribution >= 4 is 10.0 Å². The summed E-state index contributed by atoms with van der Waals surface area (Å²) >= 11 is 0. The van der Waals surface area contributed by atoms with Crippen molar-refractivity contribution in [1.82, 2.24) is 18.8 Å². The van der Waals surface area contributed by atoms with Gasteiger partial charge >= 0.3 is 0 Å². The second-order valence-electron chi connectivity index (χ2n) is 6.41. The highest BCUT2D eigenvalue weighted by molar-refractivity contribution is 7.89. The SMILES string of the molecule is CC[C@@H](C)n1cnc(S(=O)(=O)N(C2CC2)[C@H](C)c2ccccn2)c1. The second kappa shape index (κ2) is 6.64. The fourth-order valence-electron chi connectivity index (χ4n) is 2.81. The molecule has 0 bridgehead atoms. The van der Waals surface area contributed by atoms with E-state index in [4.69, 9.17) is 0 Å². The Hall–Kier alpha value is -1.73. The molecule has 2 heterocycles. The van der Waals surface area contributed by atoms with E-state index in [0.717, 1.165) is 25.0 Å². The molecule has 1 aliphatic carbocycles. The van der Waals surface area contributed by atoms with Gasteiger partial charge in [-0.15, -0.1) is 0 Å². The Bertz CT molecular complexity index is 784. The molecule has 1 aliphatic rings. The molecular formula is C17H24N4O2S. The standard InChI is InChI=1S/C17H24N4O2S/c1-4-13(2)20-11-17(19-12-20)24(22,23)21(15-8-9-15)14(3)16-7-5-6-10-18-16/h5-7,10-15H,4,8-9H2,1-3H3/t13-,14-/m1/s1. The zero-order chi connectivity index (χ0) is 17.3. The number of nitrogens with zero attached hydrogens (tertiary/aromatic N) is 4. The van der Waals surface area contributed by atoms with Crippen LogP contribution in [-0.2, 0) is 10.0 Å². The summed E-state index contributed by atoms with van der Waals surface area (Å²) in [4.78, 5) is 8.51. The molecule has 0 aliphatic heterocycles. The molecule has 0 saturated heterocycles. The molecule has 3 rings (SSSR count). The molecule has 0 aromatic carbocycles. The number of rotatable bonds is 7. The fourth-order valence-corrected chi connectivity index (χ4v) is 4.59. The lowest BCUT2D eigenvalue weighted by Crippen LogP contribution is -2.36. The summed E-state index contributed by atoms with van der Waals surface area (Å²) in [6.45, 7) is 6.01. The van der Waals surface area contributed by atoms with E-state index in [1.165, 1.54) is 0 Å². The van der Waals surface area contributed by atoms with Gasteiger partial charge in [-0.1, -0.05) is 13.0 Å². The molecule has 0 unspecified atom stereocenters. The number of pyridine rings is 1. The molecule has 24 heavy (non-hydrogen) atoms. The van der Waals surface area contributed by atoms with E-state index >= 15 is 0 Å². The van der Waals surface area contributed by atoms with Crippen molar-refractivity contribution in [2.75, 3.05) is 0 Å². The van der Waals surface area contributed by atoms with Crippen molar-refractivity contribution in [3.8, 4) is 0 Å². The number of sulfonamides is 1. The van der Waals surface area contributed by atoms with Gasteiger partial charge in [-0.2, -0.15) is 4.31 Å². The summed E-state index contributed by atoms with van der Waals surface area (Å²) in [6.07, 6.45) is 7.65. The van der Waals surface area contributed by atoms with Gasteiger partial charge in [0.05, 0.1) is 18.1 Å². The number of imidazole rings is 1. The zero-order valence-corrected chi connectivity index (χ0v) is 15.1. The van der Waals surface area contributed by atoms with Gasteiger partial charge in [0.2, 0.25) is 0 Å². The predicted octanol–water partition coefficient (Wildman–Crippen LogP) is 3.16. The summed E-state index contributed by atoms with van der Waals surface area (Å²) in [5.74, 6) is 0. The normalized spacial score (nSPS) is 17.8. The molecule has 0 spiro atoms. The van der Waals surface area contributed by atoms with Crippen LogP contribution >= 0.6 is 0 Å². The Morgan fingerprint density at radius 1 is 1.29 bits per heavy atom. The van der Waals surface area contributed by atoms with Gasteiger partial charge in [0.25, 0.3) is 10.0 Å². The molecule has 2 aromatic rings. The first-order valence-corrected chi connectivity index (χ1v) is 9.87. The molecule has 0 radical (unpaired) electrons. The molecule has 0 N–H and O–H groups in total. The Balaban J connectivity index is 1.94. The van der Waals surface area contributed by atoms with Crippen LogP contribution in [0, 0.1) is 0 Å². The monoisotopic (exact) mass is 348 g/mol. The largest absolute Gasteiger partial charge is 0.333 e. The van der Waals surface area contributed by atoms with Gasteiger partial charge in [0, 0.05) is 24.5 Å². The van der Waals surface area contributed by atoms with Crippen LogP contribution in [-0.4, -0.2) is 33.3 Å². The number of hydrogen-bond donors (Lipinski definition) is 0. The first kappa shape index (κ1) is 17.1. The summed E-state index contributed by atoms with van der Waals surface area (Å²) in [6, 6.07) is 5.55. The van der Waals surface area contributed by atoms with Crippen LogP contribution in [0.2, 0.25) is 0 Å². The van der Waals surface area contributed by atoms with Crippen molar-refractivity contribution in [2.24, 2.45) is 0 Å². The van der Waals surface area contributed by atoms with Gasteiger partial charge in [-0.25, -0.2) is 13.4 Å². The first-order valence-electron chi connectivity index (χ1n) is 8.43. The molecule has 130 valence electrons. The van der Waals surface area contributed by atoms with Crippen molar-refractivity contribution in [3.63, 3.8) is 0 Å². The third-order valence-corrected chi connectivity index (χ3v) is 6.53. The topological polar surface area (TPSA) is 68.1 Å². The summed E-state index contributed by atoms with van der Waals surface area (Å²) in [5, 5.41) is 0.123. The fraction of sp³-hybridized carbons (Fsp3) is 0.529. The van der Waals surface area contributed by atoms with Gasteiger partial charge in [-0.3, -0.25) is 4.98 Å². The van der Waals surface area contributed by atoms with Crippen LogP contribution < -0.4 is 0 Å². The first-order chi connectivity index (χ1) is 11.4. The Labute approximate surface area is 143 Å². The van der Waals surface area contributed by atoms with Crippen LogP contribution in [0.25, 0.3) is 0 Å². The minimum Gasteiger partial charge on any atom is -0.333 e. The summed E-state index contributed by atoms with van der Waals surface area (Å²) < 4.78 is 29.8. The van der Waals surface area contributed by atoms with E-state index in [1.807, 2.05) is 36.6 Å². The van der Waals surface area contributed by atoms with E-state index in [1.54, 1.807) is 23.0 Å². The van der Waals surface area contributed by atoms with Crippen LogP contribution in [0.4, 0.5) is 0 Å². The Kier molecular flexibility index (Phi) is 4.73. The smallest absolute Gasteiger partial charge is 0.262 e. The minimum absolute atomic E-state index is 0.0424. The van der Waals surface area contributed by atoms with Crippen LogP contribution in [0.5, 0.6) is 0 Å². The van der Waals surface area contributed by atoms with E-state index in [2.05, 4.69) is 16.9 Å². The minimum atomic E-state index is -3.64. The van der Waals surface area contributed by atoms with Gasteiger partial charge in [0.15, 0.2) is 5.03 Å². The summed E-state index contributed by atoms with van der Waals surface area (Å²) in [7, 11) is -3.64. The highest BCUT2D eigenvalue weighted by Gasteiger charge is 2.43. The lowest BCUT2D eigenvalue weighted by Gasteiger charge is -2.27. The molecule has 6 nitrogen and oxygen atoms in total. The van der Waals surface area contributed by atoms with E-state index in [-0.39, 0.29) is 23.2 Å². The molecule has 2 aromatic heterocycles. The summed E-state index contributed by atoms with van der Waals surface area (Å²) in [5.41, 5.74) is 0.759. The van der Waals surface area contributed by atoms with Gasteiger partial charge in [-0.05, 0) is 45.2 Å². The van der Waals surface area contributed by atoms with Crippen LogP contribution in [0.3, 0.4) is 0 Å². The average Bonchev–Trinajstić information content (AvgIpc) is 3.27. The van der Waals surface area contributed by atoms with Crippen molar-refractivity contribution in [1.29, 1.82) is 0 Å². The van der Waals surface area contributed by atoms with Gasteiger partial charge in [0.1, 0.15) is 0 Å². The lowest BCUT2D eigenvalue weighted by atomic mass is 10.2. The molecule has 1 fully saturated rings. The predicted molar refractivity (Wildman–Crippen MR) is 91.9 cm³/mol. The second-order valence-corrected chi connectivity index (χ2v) is 8.20. The van der Waals surface area contributed by atoms with E-state index in [0.29, 0.717) is 0 Å². The van der Waals surface area contributed by atoms with Crippen LogP contribution in [0.1, 0.15) is 57.8 Å². The van der Waals surface area contributed by atoms with Gasteiger partial charge < -0.3 is 4.57 Å². The maximum Gasteiger partial charge on any atom is 0.262 e. The van der Waals surface area contributed by atoms with Crippen LogP contribution in [0.15, 0.2) is 41.9 Å². The molecular weight excluding hydrogens is 324 g/mol. The number of hydrogen-bond acceptors (Lipinski definition) is 4. The molecule has 1 saturated carbocycles. The highest BCUT2D eigenvalue weighted by Crippen LogP contribution is 2.38. The third kappa shape index (κ3) is 3.23. The van der Waals surface area contributed by atoms with Crippen molar-refractivity contribution in [3.05, 3.63) is 42.6 Å². The third-order valence-electron chi connectivity index (χ3n) is 4.62. The van der Waals surface area contributed by atoms with Crippen molar-refractivity contribution in [2.45, 2.75) is 63.2 Å². The maximum atomic E-state index is 13.2. The zero-order valence-electron chi connectivity index (χ0n) is 14.3. The molecule has 0 amide bonds. The molecule has 7 heteroatoms. The van der Waals surface area contributed by atoms with E-state index in [9.17, 15) is 8.42 Å². The Morgan fingerprint density at radius 2 is 2.04 bits per heavy atom. The lowest BCUT2D eigenvalue weighted by molar-refractivity contribution is 0.328. The average molecular weight is 348 g/mol. The molecule has 2 atom stereocenters. The maximum absolute atomic E-state index is 13.2. The number of aromatic nitrogens is 3. The highest BCUT2D eigenvalue weighted by atomic mass is 32.2. The van der Waals surface area contributed by atoms with Crippen molar-refractivity contribution < 1.29 is 8.42 Å². The van der Waals surface area contributed by atoms with E-state index < -0.39 is 10.0 Å².